The van der Waals surface area contributed by atoms with Gasteiger partial charge in [0.2, 0.25) is 0 Å². The minimum atomic E-state index is -0.976. The molecule has 0 aliphatic heterocycles. The van der Waals surface area contributed by atoms with Crippen LogP contribution in [0.2, 0.25) is 0 Å². The highest BCUT2D eigenvalue weighted by molar-refractivity contribution is 5.85. The predicted octanol–water partition coefficient (Wildman–Crippen LogP) is 1.98. The fraction of sp³-hybridized carbons (Fsp3) is 0.833. The summed E-state index contributed by atoms with van der Waals surface area (Å²) >= 11 is 0. The Bertz CT molecular complexity index is 289. The van der Waals surface area contributed by atoms with Gasteiger partial charge in [-0.1, -0.05) is 12.8 Å². The lowest BCUT2D eigenvalue weighted by molar-refractivity contribution is -0.144. The molecule has 1 aliphatic carbocycles. The van der Waals surface area contributed by atoms with E-state index in [4.69, 9.17) is 10.5 Å². The second-order valence-corrected chi connectivity index (χ2v) is 5.46. The molecule has 5 heteroatoms. The molecule has 1 fully saturated rings. The quantitative estimate of drug-likeness (QED) is 0.592. The fourth-order valence-electron chi connectivity index (χ4n) is 1.93. The van der Waals surface area contributed by atoms with E-state index in [9.17, 15) is 9.59 Å². The van der Waals surface area contributed by atoms with E-state index in [1.54, 1.807) is 20.8 Å². The van der Waals surface area contributed by atoms with Crippen LogP contribution in [-0.2, 0) is 14.3 Å². The third-order valence-electron chi connectivity index (χ3n) is 2.75. The molecule has 0 aromatic carbocycles. The standard InChI is InChI=1S/C12H21NO4/c1-12(2,3)17-11(15)16-10(14)9(13)8-6-4-5-7-8/h8-9H,4-7,13H2,1-3H3. The molecular formula is C12H21NO4. The molecule has 1 unspecified atom stereocenters. The first-order valence-corrected chi connectivity index (χ1v) is 6.00. The number of ether oxygens (including phenoxy) is 2. The zero-order chi connectivity index (χ0) is 13.1. The Morgan fingerprint density at radius 3 is 2.24 bits per heavy atom. The van der Waals surface area contributed by atoms with Crippen LogP contribution < -0.4 is 5.73 Å². The first-order valence-electron chi connectivity index (χ1n) is 6.00. The van der Waals surface area contributed by atoms with Crippen LogP contribution in [0.5, 0.6) is 0 Å². The van der Waals surface area contributed by atoms with Gasteiger partial charge >= 0.3 is 12.1 Å². The maximum absolute atomic E-state index is 11.6. The molecule has 17 heavy (non-hydrogen) atoms. The molecule has 5 nitrogen and oxygen atoms in total. The summed E-state index contributed by atoms with van der Waals surface area (Å²) in [6.45, 7) is 5.11. The van der Waals surface area contributed by atoms with Gasteiger partial charge in [0.05, 0.1) is 0 Å². The van der Waals surface area contributed by atoms with Crippen LogP contribution in [-0.4, -0.2) is 23.8 Å². The number of hydrogen-bond acceptors (Lipinski definition) is 5. The van der Waals surface area contributed by atoms with Gasteiger partial charge in [0.15, 0.2) is 0 Å². The molecule has 0 aromatic rings. The first kappa shape index (κ1) is 14.0. The topological polar surface area (TPSA) is 78.6 Å². The van der Waals surface area contributed by atoms with Crippen molar-refractivity contribution in [3.05, 3.63) is 0 Å². The highest BCUT2D eigenvalue weighted by atomic mass is 16.7. The number of hydrogen-bond donors (Lipinski definition) is 1. The summed E-state index contributed by atoms with van der Waals surface area (Å²) in [5.74, 6) is -0.559. The van der Waals surface area contributed by atoms with Crippen molar-refractivity contribution in [3.8, 4) is 0 Å². The third-order valence-corrected chi connectivity index (χ3v) is 2.75. The summed E-state index contributed by atoms with van der Waals surface area (Å²) < 4.78 is 9.46. The van der Waals surface area contributed by atoms with Crippen molar-refractivity contribution in [1.29, 1.82) is 0 Å². The first-order chi connectivity index (χ1) is 7.79. The van der Waals surface area contributed by atoms with Crippen molar-refractivity contribution in [3.63, 3.8) is 0 Å². The molecule has 1 atom stereocenters. The van der Waals surface area contributed by atoms with Crippen molar-refractivity contribution in [1.82, 2.24) is 0 Å². The lowest BCUT2D eigenvalue weighted by Gasteiger charge is -2.20. The zero-order valence-corrected chi connectivity index (χ0v) is 10.7. The average molecular weight is 243 g/mol. The van der Waals surface area contributed by atoms with Crippen molar-refractivity contribution in [2.45, 2.75) is 58.1 Å². The lowest BCUT2D eigenvalue weighted by atomic mass is 9.99. The third kappa shape index (κ3) is 4.73. The molecule has 0 bridgehead atoms. The Balaban J connectivity index is 2.40. The number of esters is 1. The Hall–Kier alpha value is -1.10. The molecule has 98 valence electrons. The van der Waals surface area contributed by atoms with Crippen LogP contribution in [0, 0.1) is 5.92 Å². The maximum atomic E-state index is 11.6. The van der Waals surface area contributed by atoms with Gasteiger partial charge in [0.1, 0.15) is 11.6 Å². The van der Waals surface area contributed by atoms with Crippen molar-refractivity contribution in [2.24, 2.45) is 11.7 Å². The van der Waals surface area contributed by atoms with Gasteiger partial charge in [-0.15, -0.1) is 0 Å². The molecule has 0 saturated heterocycles. The molecule has 0 spiro atoms. The lowest BCUT2D eigenvalue weighted by Crippen LogP contribution is -2.40. The Labute approximate surface area is 102 Å². The second-order valence-electron chi connectivity index (χ2n) is 5.46. The van der Waals surface area contributed by atoms with E-state index in [1.807, 2.05) is 0 Å². The second kappa shape index (κ2) is 5.49. The van der Waals surface area contributed by atoms with E-state index in [0.717, 1.165) is 25.7 Å². The Morgan fingerprint density at radius 1 is 1.24 bits per heavy atom. The van der Waals surface area contributed by atoms with Gasteiger partial charge in [-0.3, -0.25) is 0 Å². The van der Waals surface area contributed by atoms with E-state index in [1.165, 1.54) is 0 Å². The Kier molecular flexibility index (Phi) is 4.51. The smallest absolute Gasteiger partial charge is 0.428 e. The van der Waals surface area contributed by atoms with Gasteiger partial charge in [-0.25, -0.2) is 9.59 Å². The van der Waals surface area contributed by atoms with E-state index >= 15 is 0 Å². The van der Waals surface area contributed by atoms with Crippen LogP contribution in [0.15, 0.2) is 0 Å². The summed E-state index contributed by atoms with van der Waals surface area (Å²) in [4.78, 5) is 22.8. The van der Waals surface area contributed by atoms with Gasteiger partial charge in [-0.2, -0.15) is 0 Å². The minimum Gasteiger partial charge on any atom is -0.428 e. The normalized spacial score (nSPS) is 18.8. The molecule has 0 aromatic heterocycles. The van der Waals surface area contributed by atoms with Crippen LogP contribution in [0.25, 0.3) is 0 Å². The summed E-state index contributed by atoms with van der Waals surface area (Å²) in [5.41, 5.74) is 5.08. The number of carbonyl (C=O) groups is 2. The van der Waals surface area contributed by atoms with Crippen molar-refractivity contribution in [2.75, 3.05) is 0 Å². The number of rotatable bonds is 2. The Morgan fingerprint density at radius 2 is 1.76 bits per heavy atom. The predicted molar refractivity (Wildman–Crippen MR) is 62.3 cm³/mol. The monoisotopic (exact) mass is 243 g/mol. The van der Waals surface area contributed by atoms with Gasteiger partial charge in [0.25, 0.3) is 0 Å². The molecule has 1 aliphatic rings. The average Bonchev–Trinajstić information content (AvgIpc) is 2.65. The molecule has 0 amide bonds. The van der Waals surface area contributed by atoms with Crippen LogP contribution >= 0.6 is 0 Å². The SMILES string of the molecule is CC(C)(C)OC(=O)OC(=O)C(N)C1CCCC1. The van der Waals surface area contributed by atoms with E-state index in [-0.39, 0.29) is 5.92 Å². The van der Waals surface area contributed by atoms with Crippen molar-refractivity contribution >= 4 is 12.1 Å². The van der Waals surface area contributed by atoms with Crippen LogP contribution in [0.1, 0.15) is 46.5 Å². The zero-order valence-electron chi connectivity index (χ0n) is 10.7. The van der Waals surface area contributed by atoms with E-state index < -0.39 is 23.8 Å². The maximum Gasteiger partial charge on any atom is 0.516 e. The molecule has 0 heterocycles. The number of carbonyl (C=O) groups excluding carboxylic acids is 2. The van der Waals surface area contributed by atoms with Crippen LogP contribution in [0.3, 0.4) is 0 Å². The summed E-state index contributed by atoms with van der Waals surface area (Å²) in [7, 11) is 0. The molecule has 1 rings (SSSR count). The molecular weight excluding hydrogens is 222 g/mol. The summed E-state index contributed by atoms with van der Waals surface area (Å²) in [6.07, 6.45) is 3.03. The largest absolute Gasteiger partial charge is 0.516 e. The highest BCUT2D eigenvalue weighted by Crippen LogP contribution is 2.27. The molecule has 0 radical (unpaired) electrons. The van der Waals surface area contributed by atoms with Crippen molar-refractivity contribution < 1.29 is 19.1 Å². The number of nitrogens with two attached hydrogens (primary N) is 1. The van der Waals surface area contributed by atoms with E-state index in [2.05, 4.69) is 4.74 Å². The molecule has 1 saturated carbocycles. The minimum absolute atomic E-state index is 0.130. The molecule has 2 N–H and O–H groups in total. The highest BCUT2D eigenvalue weighted by Gasteiger charge is 2.31. The van der Waals surface area contributed by atoms with Gasteiger partial charge in [0, 0.05) is 0 Å². The summed E-state index contributed by atoms with van der Waals surface area (Å²) in [5, 5.41) is 0. The van der Waals surface area contributed by atoms with Gasteiger partial charge < -0.3 is 15.2 Å². The summed E-state index contributed by atoms with van der Waals surface area (Å²) in [6, 6.07) is -0.718. The fourth-order valence-corrected chi connectivity index (χ4v) is 1.93. The van der Waals surface area contributed by atoms with Gasteiger partial charge in [-0.05, 0) is 39.5 Å². The van der Waals surface area contributed by atoms with E-state index in [0.29, 0.717) is 0 Å². The van der Waals surface area contributed by atoms with Crippen LogP contribution in [0.4, 0.5) is 4.79 Å².